The van der Waals surface area contributed by atoms with Gasteiger partial charge >= 0.3 is 5.97 Å². The molecule has 0 radical (unpaired) electrons. The number of esters is 1. The molecular weight excluding hydrogens is 459 g/mol. The number of hydrogen-bond donors (Lipinski definition) is 0. The SMILES string of the molecule is COc1ccc([C@]2(C)N(P(=O)(c3ccccc3)c3ccccc3)C=N[C@@]2(C)C(=O)OC(C)C)cc1. The van der Waals surface area contributed by atoms with E-state index in [1.54, 1.807) is 38.9 Å². The van der Waals surface area contributed by atoms with Gasteiger partial charge in [0.15, 0.2) is 5.54 Å². The lowest BCUT2D eigenvalue weighted by atomic mass is 9.75. The van der Waals surface area contributed by atoms with Crippen LogP contribution in [0.5, 0.6) is 5.75 Å². The maximum atomic E-state index is 15.3. The Balaban J connectivity index is 1.99. The summed E-state index contributed by atoms with van der Waals surface area (Å²) in [7, 11) is -1.88. The number of methoxy groups -OCH3 is 1. The van der Waals surface area contributed by atoms with Gasteiger partial charge in [0.05, 0.1) is 19.6 Å². The highest BCUT2D eigenvalue weighted by Gasteiger charge is 2.63. The Morgan fingerprint density at radius 3 is 1.86 bits per heavy atom. The fourth-order valence-electron chi connectivity index (χ4n) is 4.56. The van der Waals surface area contributed by atoms with Crippen molar-refractivity contribution >= 4 is 30.2 Å². The number of aliphatic imine (C=N–C) groups is 1. The van der Waals surface area contributed by atoms with Crippen LogP contribution >= 0.6 is 7.29 Å². The molecule has 1 aliphatic rings. The summed E-state index contributed by atoms with van der Waals surface area (Å²) in [4.78, 5) is 18.3. The summed E-state index contributed by atoms with van der Waals surface area (Å²) in [6.45, 7) is 7.27. The Kier molecular flexibility index (Phi) is 6.61. The lowest BCUT2D eigenvalue weighted by Gasteiger charge is -2.47. The molecule has 0 aliphatic carbocycles. The number of nitrogens with zero attached hydrogens (tertiary/aromatic N) is 2. The standard InChI is InChI=1S/C28H31N2O4P/c1-21(2)34-26(31)27(3)28(4,22-16-18-23(33-5)19-17-22)30(20-29-27)35(32,24-12-8-6-9-13-24)25-14-10-7-11-15-25/h6-21H,1-5H3/t27-,28-/m0/s1. The van der Waals surface area contributed by atoms with Crippen LogP contribution in [0.1, 0.15) is 33.3 Å². The minimum atomic E-state index is -3.49. The number of carbonyl (C=O) groups excluding carboxylic acids is 1. The normalized spacial score (nSPS) is 21.8. The van der Waals surface area contributed by atoms with Gasteiger partial charge in [0, 0.05) is 10.6 Å². The van der Waals surface area contributed by atoms with Crippen LogP contribution in [0.4, 0.5) is 0 Å². The summed E-state index contributed by atoms with van der Waals surface area (Å²) in [5.41, 5.74) is -1.72. The second-order valence-electron chi connectivity index (χ2n) is 9.16. The summed E-state index contributed by atoms with van der Waals surface area (Å²) in [6.07, 6.45) is 1.24. The Labute approximate surface area is 207 Å². The predicted octanol–water partition coefficient (Wildman–Crippen LogP) is 4.89. The van der Waals surface area contributed by atoms with Crippen LogP contribution in [0.25, 0.3) is 0 Å². The Hall–Kier alpha value is -3.37. The van der Waals surface area contributed by atoms with Crippen molar-refractivity contribution in [2.45, 2.75) is 44.9 Å². The smallest absolute Gasteiger partial charge is 0.336 e. The fourth-order valence-corrected chi connectivity index (χ4v) is 7.57. The first kappa shape index (κ1) is 24.7. The molecule has 1 aliphatic heterocycles. The van der Waals surface area contributed by atoms with Gasteiger partial charge in [-0.2, -0.15) is 0 Å². The average molecular weight is 491 g/mol. The molecule has 6 nitrogen and oxygen atoms in total. The first-order chi connectivity index (χ1) is 16.7. The molecule has 0 N–H and O–H groups in total. The molecule has 2 atom stereocenters. The van der Waals surface area contributed by atoms with Crippen molar-refractivity contribution in [2.24, 2.45) is 4.99 Å². The van der Waals surface area contributed by atoms with Gasteiger partial charge in [-0.25, -0.2) is 4.79 Å². The quantitative estimate of drug-likeness (QED) is 0.348. The second kappa shape index (κ2) is 9.35. The molecule has 0 bridgehead atoms. The molecule has 0 unspecified atom stereocenters. The first-order valence-electron chi connectivity index (χ1n) is 11.6. The zero-order valence-corrected chi connectivity index (χ0v) is 21.6. The van der Waals surface area contributed by atoms with Crippen molar-refractivity contribution in [2.75, 3.05) is 7.11 Å². The molecule has 3 aromatic carbocycles. The van der Waals surface area contributed by atoms with E-state index in [1.165, 1.54) is 0 Å². The van der Waals surface area contributed by atoms with Gasteiger partial charge in [-0.05, 0) is 69.7 Å². The summed E-state index contributed by atoms with van der Waals surface area (Å²) in [6, 6.07) is 26.2. The highest BCUT2D eigenvalue weighted by Crippen LogP contribution is 2.59. The van der Waals surface area contributed by atoms with Crippen molar-refractivity contribution in [3.63, 3.8) is 0 Å². The molecule has 0 saturated heterocycles. The van der Waals surface area contributed by atoms with E-state index in [-0.39, 0.29) is 6.10 Å². The molecule has 182 valence electrons. The molecule has 4 rings (SSSR count). The average Bonchev–Trinajstić information content (AvgIpc) is 3.17. The van der Waals surface area contributed by atoms with Gasteiger partial charge in [0.25, 0.3) is 0 Å². The van der Waals surface area contributed by atoms with Gasteiger partial charge in [-0.15, -0.1) is 0 Å². The zero-order valence-electron chi connectivity index (χ0n) is 20.7. The number of carbonyl (C=O) groups is 1. The monoisotopic (exact) mass is 490 g/mol. The van der Waals surface area contributed by atoms with Crippen LogP contribution in [-0.2, 0) is 19.6 Å². The van der Waals surface area contributed by atoms with E-state index in [0.29, 0.717) is 16.4 Å². The number of benzene rings is 3. The molecule has 1 heterocycles. The molecule has 7 heteroatoms. The van der Waals surface area contributed by atoms with E-state index in [1.807, 2.05) is 91.9 Å². The van der Waals surface area contributed by atoms with Crippen LogP contribution in [-0.4, -0.2) is 35.7 Å². The van der Waals surface area contributed by atoms with Crippen molar-refractivity contribution in [1.82, 2.24) is 4.67 Å². The molecular formula is C28H31N2O4P. The maximum Gasteiger partial charge on any atom is 0.336 e. The molecule has 0 spiro atoms. The van der Waals surface area contributed by atoms with Crippen LogP contribution in [0.15, 0.2) is 89.9 Å². The third kappa shape index (κ3) is 3.96. The lowest BCUT2D eigenvalue weighted by Crippen LogP contribution is -2.57. The van der Waals surface area contributed by atoms with Gasteiger partial charge < -0.3 is 9.47 Å². The maximum absolute atomic E-state index is 15.3. The predicted molar refractivity (Wildman–Crippen MR) is 140 cm³/mol. The van der Waals surface area contributed by atoms with Crippen molar-refractivity contribution in [1.29, 1.82) is 0 Å². The minimum Gasteiger partial charge on any atom is -0.497 e. The molecule has 0 fully saturated rings. The number of hydrogen-bond acceptors (Lipinski definition) is 5. The lowest BCUT2D eigenvalue weighted by molar-refractivity contribution is -0.156. The topological polar surface area (TPSA) is 68.2 Å². The largest absolute Gasteiger partial charge is 0.497 e. The highest BCUT2D eigenvalue weighted by atomic mass is 31.2. The minimum absolute atomic E-state index is 0.321. The van der Waals surface area contributed by atoms with E-state index in [4.69, 9.17) is 14.5 Å². The zero-order chi connectivity index (χ0) is 25.3. The second-order valence-corrected chi connectivity index (χ2v) is 11.8. The first-order valence-corrected chi connectivity index (χ1v) is 13.3. The van der Waals surface area contributed by atoms with E-state index in [2.05, 4.69) is 0 Å². The molecule has 35 heavy (non-hydrogen) atoms. The summed E-state index contributed by atoms with van der Waals surface area (Å²) < 4.78 is 28.1. The van der Waals surface area contributed by atoms with Crippen molar-refractivity contribution < 1.29 is 18.8 Å². The van der Waals surface area contributed by atoms with Crippen molar-refractivity contribution in [3.05, 3.63) is 90.5 Å². The van der Waals surface area contributed by atoms with Crippen LogP contribution < -0.4 is 15.3 Å². The van der Waals surface area contributed by atoms with Gasteiger partial charge in [-0.1, -0.05) is 48.5 Å². The fraction of sp³-hybridized carbons (Fsp3) is 0.286. The van der Waals surface area contributed by atoms with Gasteiger partial charge in [0.1, 0.15) is 11.3 Å². The summed E-state index contributed by atoms with van der Waals surface area (Å²) >= 11 is 0. The molecule has 0 saturated carbocycles. The molecule has 3 aromatic rings. The Morgan fingerprint density at radius 1 is 0.886 bits per heavy atom. The number of rotatable bonds is 7. The van der Waals surface area contributed by atoms with Gasteiger partial charge in [0.2, 0.25) is 7.29 Å². The van der Waals surface area contributed by atoms with E-state index in [9.17, 15) is 4.79 Å². The number of ether oxygens (including phenoxy) is 2. The highest BCUT2D eigenvalue weighted by molar-refractivity contribution is 7.77. The van der Waals surface area contributed by atoms with Crippen molar-refractivity contribution in [3.8, 4) is 5.75 Å². The van der Waals surface area contributed by atoms with Crippen LogP contribution in [0.2, 0.25) is 0 Å². The molecule has 0 amide bonds. The Morgan fingerprint density at radius 2 is 1.40 bits per heavy atom. The van der Waals surface area contributed by atoms with Gasteiger partial charge in [-0.3, -0.25) is 14.2 Å². The summed E-state index contributed by atoms with van der Waals surface area (Å²) in [5, 5.41) is 1.30. The van der Waals surface area contributed by atoms with E-state index in [0.717, 1.165) is 5.56 Å². The third-order valence-corrected chi connectivity index (χ3v) is 9.85. The third-order valence-electron chi connectivity index (χ3n) is 6.74. The summed E-state index contributed by atoms with van der Waals surface area (Å²) in [5.74, 6) is 0.209. The van der Waals surface area contributed by atoms with Crippen LogP contribution in [0.3, 0.4) is 0 Å². The molecule has 0 aromatic heterocycles. The Bertz CT molecular complexity index is 1220. The van der Waals surface area contributed by atoms with E-state index < -0.39 is 24.3 Å². The van der Waals surface area contributed by atoms with Crippen LogP contribution in [0, 0.1) is 0 Å². The van der Waals surface area contributed by atoms with E-state index >= 15 is 4.57 Å².